The van der Waals surface area contributed by atoms with Gasteiger partial charge in [-0.3, -0.25) is 4.79 Å². The maximum Gasteiger partial charge on any atom is 0.244 e. The fourth-order valence-electron chi connectivity index (χ4n) is 3.34. The highest BCUT2D eigenvalue weighted by molar-refractivity contribution is 6.32. The Kier molecular flexibility index (Phi) is 4.59. The van der Waals surface area contributed by atoms with Crippen LogP contribution in [0.4, 0.5) is 0 Å². The van der Waals surface area contributed by atoms with Gasteiger partial charge in [0.05, 0.1) is 23.1 Å². The summed E-state index contributed by atoms with van der Waals surface area (Å²) in [4.78, 5) is 16.3. The smallest absolute Gasteiger partial charge is 0.244 e. The number of rotatable bonds is 4. The zero-order chi connectivity index (χ0) is 17.9. The molecular formula is C21H18ClN3O. The Bertz CT molecular complexity index is 963. The van der Waals surface area contributed by atoms with E-state index in [0.29, 0.717) is 5.02 Å². The molecule has 5 heteroatoms. The highest BCUT2D eigenvalue weighted by Gasteiger charge is 2.22. The van der Waals surface area contributed by atoms with Gasteiger partial charge in [0.15, 0.2) is 0 Å². The molecule has 4 rings (SSSR count). The molecule has 0 spiro atoms. The van der Waals surface area contributed by atoms with Crippen LogP contribution in [-0.4, -0.2) is 15.5 Å². The van der Waals surface area contributed by atoms with Crippen molar-refractivity contribution in [2.75, 3.05) is 0 Å². The fraction of sp³-hybridized carbons (Fsp3) is 0.143. The first kappa shape index (κ1) is 16.6. The highest BCUT2D eigenvalue weighted by Crippen LogP contribution is 2.30. The van der Waals surface area contributed by atoms with Gasteiger partial charge in [-0.1, -0.05) is 41.9 Å². The first-order valence-electron chi connectivity index (χ1n) is 8.55. The molecule has 1 heterocycles. The van der Waals surface area contributed by atoms with E-state index in [2.05, 4.69) is 22.4 Å². The van der Waals surface area contributed by atoms with E-state index in [0.717, 1.165) is 24.1 Å². The van der Waals surface area contributed by atoms with Gasteiger partial charge in [-0.05, 0) is 47.7 Å². The predicted octanol–water partition coefficient (Wildman–Crippen LogP) is 4.34. The molecule has 0 bridgehead atoms. The maximum absolute atomic E-state index is 12.3. The molecule has 1 amide bonds. The monoisotopic (exact) mass is 363 g/mol. The van der Waals surface area contributed by atoms with Crippen LogP contribution in [0.2, 0.25) is 5.02 Å². The number of hydrogen-bond donors (Lipinski definition) is 1. The summed E-state index contributed by atoms with van der Waals surface area (Å²) in [7, 11) is 0. The number of benzene rings is 2. The zero-order valence-corrected chi connectivity index (χ0v) is 14.9. The molecule has 1 N–H and O–H groups in total. The summed E-state index contributed by atoms with van der Waals surface area (Å²) < 4.78 is 1.85. The third-order valence-corrected chi connectivity index (χ3v) is 4.93. The number of nitrogens with zero attached hydrogens (tertiary/aromatic N) is 2. The summed E-state index contributed by atoms with van der Waals surface area (Å²) in [6.07, 6.45) is 10.5. The Labute approximate surface area is 157 Å². The van der Waals surface area contributed by atoms with Crippen LogP contribution in [0, 0.1) is 0 Å². The van der Waals surface area contributed by atoms with Gasteiger partial charge in [-0.2, -0.15) is 0 Å². The molecule has 1 unspecified atom stereocenters. The molecule has 1 atom stereocenters. The molecular weight excluding hydrogens is 346 g/mol. The van der Waals surface area contributed by atoms with E-state index >= 15 is 0 Å². The molecule has 0 aliphatic heterocycles. The molecule has 0 saturated heterocycles. The number of amides is 1. The van der Waals surface area contributed by atoms with E-state index in [4.69, 9.17) is 11.6 Å². The minimum atomic E-state index is -0.0958. The summed E-state index contributed by atoms with van der Waals surface area (Å²) in [5.74, 6) is -0.0958. The van der Waals surface area contributed by atoms with E-state index in [1.165, 1.54) is 11.1 Å². The van der Waals surface area contributed by atoms with Gasteiger partial charge in [-0.15, -0.1) is 0 Å². The molecule has 1 aliphatic carbocycles. The van der Waals surface area contributed by atoms with Crippen molar-refractivity contribution >= 4 is 23.6 Å². The van der Waals surface area contributed by atoms with E-state index in [9.17, 15) is 4.79 Å². The van der Waals surface area contributed by atoms with Crippen molar-refractivity contribution in [2.45, 2.75) is 18.9 Å². The number of hydrogen-bond acceptors (Lipinski definition) is 2. The first-order chi connectivity index (χ1) is 12.7. The van der Waals surface area contributed by atoms with Crippen LogP contribution >= 0.6 is 11.6 Å². The van der Waals surface area contributed by atoms with Gasteiger partial charge in [-0.25, -0.2) is 4.98 Å². The van der Waals surface area contributed by atoms with Crippen LogP contribution in [0.15, 0.2) is 67.3 Å². The Balaban J connectivity index is 1.43. The standard InChI is InChI=1S/C21H18ClN3O/c22-18-13-15(5-9-20(18)25-12-11-23-14-25)6-10-21(26)24-19-8-7-16-3-1-2-4-17(16)19/h1-6,9-14,19H,7-8H2,(H,24,26). The second-order valence-electron chi connectivity index (χ2n) is 6.31. The normalized spacial score (nSPS) is 16.0. The summed E-state index contributed by atoms with van der Waals surface area (Å²) >= 11 is 6.35. The molecule has 4 nitrogen and oxygen atoms in total. The molecule has 0 saturated carbocycles. The summed E-state index contributed by atoms with van der Waals surface area (Å²) in [5.41, 5.74) is 4.28. The minimum absolute atomic E-state index is 0.0931. The van der Waals surface area contributed by atoms with Crippen LogP contribution in [0.1, 0.15) is 29.2 Å². The second-order valence-corrected chi connectivity index (χ2v) is 6.72. The van der Waals surface area contributed by atoms with Crippen molar-refractivity contribution in [3.63, 3.8) is 0 Å². The van der Waals surface area contributed by atoms with Crippen LogP contribution in [0.3, 0.4) is 0 Å². The molecule has 130 valence electrons. The van der Waals surface area contributed by atoms with Gasteiger partial charge in [0.1, 0.15) is 0 Å². The largest absolute Gasteiger partial charge is 0.346 e. The number of carbonyl (C=O) groups excluding carboxylic acids is 1. The molecule has 2 aromatic carbocycles. The molecule has 1 aliphatic rings. The Hall–Kier alpha value is -2.85. The number of imidazole rings is 1. The Morgan fingerprint density at radius 3 is 2.96 bits per heavy atom. The van der Waals surface area contributed by atoms with Crippen molar-refractivity contribution in [2.24, 2.45) is 0 Å². The van der Waals surface area contributed by atoms with E-state index < -0.39 is 0 Å². The summed E-state index contributed by atoms with van der Waals surface area (Å²) in [6.45, 7) is 0. The molecule has 3 aromatic rings. The van der Waals surface area contributed by atoms with Crippen molar-refractivity contribution in [1.29, 1.82) is 0 Å². The molecule has 26 heavy (non-hydrogen) atoms. The zero-order valence-electron chi connectivity index (χ0n) is 14.1. The third-order valence-electron chi connectivity index (χ3n) is 4.63. The van der Waals surface area contributed by atoms with Crippen LogP contribution in [0.25, 0.3) is 11.8 Å². The molecule has 0 fully saturated rings. The Morgan fingerprint density at radius 1 is 1.27 bits per heavy atom. The van der Waals surface area contributed by atoms with Gasteiger partial charge < -0.3 is 9.88 Å². The van der Waals surface area contributed by atoms with E-state index in [1.807, 2.05) is 41.1 Å². The number of carbonyl (C=O) groups is 1. The Morgan fingerprint density at radius 2 is 2.15 bits per heavy atom. The topological polar surface area (TPSA) is 46.9 Å². The van der Waals surface area contributed by atoms with E-state index in [-0.39, 0.29) is 11.9 Å². The SMILES string of the molecule is O=C(C=Cc1ccc(-n2ccnc2)c(Cl)c1)NC1CCc2ccccc21. The summed E-state index contributed by atoms with van der Waals surface area (Å²) in [6, 6.07) is 14.0. The highest BCUT2D eigenvalue weighted by atomic mass is 35.5. The van der Waals surface area contributed by atoms with Crippen LogP contribution in [0.5, 0.6) is 0 Å². The lowest BCUT2D eigenvalue weighted by Gasteiger charge is -2.12. The molecule has 0 radical (unpaired) electrons. The second kappa shape index (κ2) is 7.18. The lowest BCUT2D eigenvalue weighted by Crippen LogP contribution is -2.25. The maximum atomic E-state index is 12.3. The fourth-order valence-corrected chi connectivity index (χ4v) is 3.62. The van der Waals surface area contributed by atoms with Crippen LogP contribution in [-0.2, 0) is 11.2 Å². The van der Waals surface area contributed by atoms with Crippen molar-refractivity contribution in [1.82, 2.24) is 14.9 Å². The van der Waals surface area contributed by atoms with Gasteiger partial charge in [0.25, 0.3) is 0 Å². The van der Waals surface area contributed by atoms with Crippen molar-refractivity contribution in [3.8, 4) is 5.69 Å². The van der Waals surface area contributed by atoms with Gasteiger partial charge in [0, 0.05) is 18.5 Å². The first-order valence-corrected chi connectivity index (χ1v) is 8.93. The average molecular weight is 364 g/mol. The lowest BCUT2D eigenvalue weighted by atomic mass is 10.1. The number of halogens is 1. The number of aromatic nitrogens is 2. The quantitative estimate of drug-likeness (QED) is 0.701. The van der Waals surface area contributed by atoms with Crippen molar-refractivity contribution < 1.29 is 4.79 Å². The third kappa shape index (κ3) is 3.41. The summed E-state index contributed by atoms with van der Waals surface area (Å²) in [5, 5.41) is 3.69. The minimum Gasteiger partial charge on any atom is -0.346 e. The van der Waals surface area contributed by atoms with Crippen LogP contribution < -0.4 is 5.32 Å². The van der Waals surface area contributed by atoms with Crippen molar-refractivity contribution in [3.05, 3.63) is 89.0 Å². The van der Waals surface area contributed by atoms with E-state index in [1.54, 1.807) is 24.7 Å². The lowest BCUT2D eigenvalue weighted by molar-refractivity contribution is -0.117. The van der Waals surface area contributed by atoms with Gasteiger partial charge >= 0.3 is 0 Å². The predicted molar refractivity (Wildman–Crippen MR) is 103 cm³/mol. The average Bonchev–Trinajstić information content (AvgIpc) is 3.31. The number of fused-ring (bicyclic) bond motifs is 1. The van der Waals surface area contributed by atoms with Gasteiger partial charge in [0.2, 0.25) is 5.91 Å². The molecule has 1 aromatic heterocycles. The number of aryl methyl sites for hydroxylation is 1. The number of nitrogens with one attached hydrogen (secondary N) is 1.